The number of Topliss-reactive ketones (excluding diaryl/α,β-unsaturated/α-hetero) is 1. The zero-order valence-corrected chi connectivity index (χ0v) is 27.2. The molecule has 0 aliphatic carbocycles. The Labute approximate surface area is 270 Å². The topological polar surface area (TPSA) is 102 Å². The Hall–Kier alpha value is -3.90. The van der Waals surface area contributed by atoms with E-state index in [0.717, 1.165) is 72.1 Å². The van der Waals surface area contributed by atoms with Gasteiger partial charge in [-0.3, -0.25) is 4.79 Å². The minimum atomic E-state index is -0.128. The van der Waals surface area contributed by atoms with Crippen molar-refractivity contribution >= 4 is 31.7 Å². The summed E-state index contributed by atoms with van der Waals surface area (Å²) in [7, 11) is 5.34. The second kappa shape index (κ2) is 21.0. The fourth-order valence-corrected chi connectivity index (χ4v) is 5.06. The third-order valence-electron chi connectivity index (χ3n) is 7.56. The summed E-state index contributed by atoms with van der Waals surface area (Å²) in [6, 6.07) is 18.3. The van der Waals surface area contributed by atoms with Crippen LogP contribution in [-0.2, 0) is 6.42 Å². The number of aliphatic hydroxyl groups is 1. The van der Waals surface area contributed by atoms with Crippen LogP contribution in [0.15, 0.2) is 60.7 Å². The quantitative estimate of drug-likeness (QED) is 0.144. The van der Waals surface area contributed by atoms with E-state index in [1.807, 2.05) is 67.6 Å². The molecule has 0 saturated heterocycles. The van der Waals surface area contributed by atoms with Gasteiger partial charge in [0.25, 0.3) is 5.91 Å². The van der Waals surface area contributed by atoms with Crippen molar-refractivity contribution in [2.75, 3.05) is 19.7 Å². The number of ketones is 1. The van der Waals surface area contributed by atoms with Crippen LogP contribution in [0.4, 0.5) is 0 Å². The van der Waals surface area contributed by atoms with Gasteiger partial charge in [0, 0.05) is 12.1 Å². The molecule has 0 saturated carbocycles. The third-order valence-corrected chi connectivity index (χ3v) is 7.56. The smallest absolute Gasteiger partial charge is 0.251 e. The van der Waals surface area contributed by atoms with Crippen LogP contribution in [-0.4, -0.2) is 43.8 Å². The van der Waals surface area contributed by atoms with Gasteiger partial charge < -0.3 is 16.2 Å². The molecule has 0 fully saturated rings. The first-order valence-corrected chi connectivity index (χ1v) is 16.1. The number of ether oxygens (including phenoxy) is 1. The molecular formula is C38H49BN2O4. The van der Waals surface area contributed by atoms with Crippen LogP contribution >= 0.6 is 0 Å². The molecule has 45 heavy (non-hydrogen) atoms. The van der Waals surface area contributed by atoms with Crippen LogP contribution in [0.25, 0.3) is 12.7 Å². The number of benzene rings is 3. The average molecular weight is 609 g/mol. The predicted molar refractivity (Wildman–Crippen MR) is 187 cm³/mol. The molecule has 0 heterocycles. The molecule has 0 aromatic heterocycles. The SMILES string of the molecule is B#Cc1ccc(Oc2ccc(C(=O)CCCC(CN)CCC)cc2)cc1.C=c1ccc(C(=O)NCCO)c(CC)/c1=C/CCC. The first kappa shape index (κ1) is 37.3. The number of unbranched alkanes of at least 4 members (excludes halogenated alkanes) is 1. The van der Waals surface area contributed by atoms with Gasteiger partial charge in [0.2, 0.25) is 0 Å². The van der Waals surface area contributed by atoms with Crippen molar-refractivity contribution in [3.8, 4) is 17.3 Å². The molecule has 3 aromatic rings. The van der Waals surface area contributed by atoms with Crippen LogP contribution < -0.4 is 26.2 Å². The first-order chi connectivity index (χ1) is 21.8. The van der Waals surface area contributed by atoms with Gasteiger partial charge in [-0.1, -0.05) is 52.3 Å². The number of aliphatic hydroxyl groups excluding tert-OH is 1. The van der Waals surface area contributed by atoms with Crippen molar-refractivity contribution in [3.05, 3.63) is 93.4 Å². The monoisotopic (exact) mass is 608 g/mol. The Kier molecular flexibility index (Phi) is 17.4. The minimum Gasteiger partial charge on any atom is -0.395 e. The van der Waals surface area contributed by atoms with E-state index in [1.54, 1.807) is 0 Å². The fourth-order valence-electron chi connectivity index (χ4n) is 5.06. The Morgan fingerprint density at radius 3 is 2.22 bits per heavy atom. The Morgan fingerprint density at radius 2 is 1.67 bits per heavy atom. The summed E-state index contributed by atoms with van der Waals surface area (Å²) >= 11 is 0. The molecule has 0 bridgehead atoms. The molecule has 6 nitrogen and oxygen atoms in total. The number of nitrogens with two attached hydrogens (primary N) is 1. The number of carbonyl (C=O) groups is 2. The van der Waals surface area contributed by atoms with Gasteiger partial charge in [-0.25, -0.2) is 0 Å². The van der Waals surface area contributed by atoms with E-state index in [9.17, 15) is 9.59 Å². The molecule has 0 spiro atoms. The molecule has 0 aliphatic heterocycles. The number of amides is 1. The summed E-state index contributed by atoms with van der Waals surface area (Å²) in [4.78, 5) is 24.4. The normalized spacial score (nSPS) is 11.7. The molecular weight excluding hydrogens is 559 g/mol. The van der Waals surface area contributed by atoms with Gasteiger partial charge in [0.05, 0.1) is 6.61 Å². The summed E-state index contributed by atoms with van der Waals surface area (Å²) in [5.74, 6) is 4.56. The van der Waals surface area contributed by atoms with E-state index in [4.69, 9.17) is 22.9 Å². The second-order valence-corrected chi connectivity index (χ2v) is 11.0. The molecule has 0 radical (unpaired) electrons. The van der Waals surface area contributed by atoms with Gasteiger partial charge in [-0.15, -0.1) is 0 Å². The molecule has 4 N–H and O–H groups in total. The maximum atomic E-state index is 12.3. The van der Waals surface area contributed by atoms with Crippen LogP contribution in [0.2, 0.25) is 0 Å². The molecule has 7 heteroatoms. The van der Waals surface area contributed by atoms with E-state index in [2.05, 4.69) is 37.6 Å². The van der Waals surface area contributed by atoms with Crippen LogP contribution in [0.5, 0.6) is 11.5 Å². The molecule has 0 aliphatic rings. The maximum absolute atomic E-state index is 12.3. The largest absolute Gasteiger partial charge is 0.395 e. The summed E-state index contributed by atoms with van der Waals surface area (Å²) in [6.45, 7) is 11.3. The maximum Gasteiger partial charge on any atom is 0.251 e. The van der Waals surface area contributed by atoms with Crippen molar-refractivity contribution in [1.82, 2.24) is 5.32 Å². The van der Waals surface area contributed by atoms with E-state index >= 15 is 0 Å². The van der Waals surface area contributed by atoms with Crippen molar-refractivity contribution in [1.29, 1.82) is 0 Å². The molecule has 3 rings (SSSR count). The minimum absolute atomic E-state index is 0.0462. The standard InChI is InChI=1S/C22H26BNO2.C16H23NO2/c1-2-4-18(16-24)5-3-6-22(25)19-9-13-21(14-10-19)26-20-11-7-17(15-23)8-12-20;1-4-6-7-14-12(3)8-9-15(13(14)5-2)16(19)17-10-11-18/h7-14,18H,2-6,16,24H2,1H3;7-9,18H,3-6,10-11H2,1-2H3,(H,17,19)/b;14-7+. The zero-order chi connectivity index (χ0) is 33.0. The van der Waals surface area contributed by atoms with Gasteiger partial charge in [0.1, 0.15) is 0 Å². The summed E-state index contributed by atoms with van der Waals surface area (Å²) in [5.41, 5.74) is 9.03. The van der Waals surface area contributed by atoms with Gasteiger partial charge in [-0.05, 0) is 66.6 Å². The Balaban J connectivity index is 0.000000330. The predicted octanol–water partition coefficient (Wildman–Crippen LogP) is 5.64. The van der Waals surface area contributed by atoms with Gasteiger partial charge in [-0.2, -0.15) is 0 Å². The molecule has 3 aromatic carbocycles. The second-order valence-electron chi connectivity index (χ2n) is 11.0. The van der Waals surface area contributed by atoms with E-state index in [1.165, 1.54) is 0 Å². The van der Waals surface area contributed by atoms with Crippen molar-refractivity contribution in [2.24, 2.45) is 11.7 Å². The number of nitrogens with one attached hydrogen (secondary N) is 1. The van der Waals surface area contributed by atoms with Gasteiger partial charge in [0.15, 0.2) is 0 Å². The fraction of sp³-hybridized carbons (Fsp3) is 0.395. The van der Waals surface area contributed by atoms with Crippen molar-refractivity contribution < 1.29 is 19.4 Å². The van der Waals surface area contributed by atoms with E-state index in [0.29, 0.717) is 35.9 Å². The van der Waals surface area contributed by atoms with Crippen LogP contribution in [0, 0.1) is 11.7 Å². The molecule has 1 atom stereocenters. The van der Waals surface area contributed by atoms with E-state index < -0.39 is 0 Å². The first-order valence-electron chi connectivity index (χ1n) is 16.1. The summed E-state index contributed by atoms with van der Waals surface area (Å²) in [5, 5.41) is 13.5. The van der Waals surface area contributed by atoms with Crippen molar-refractivity contribution in [2.45, 2.75) is 72.1 Å². The van der Waals surface area contributed by atoms with E-state index in [-0.39, 0.29) is 24.8 Å². The number of hydrogen-bond donors (Lipinski definition) is 3. The average Bonchev–Trinajstić information content (AvgIpc) is 3.06. The Bertz CT molecular complexity index is 1490. The summed E-state index contributed by atoms with van der Waals surface area (Å²) < 4.78 is 5.77. The van der Waals surface area contributed by atoms with Crippen LogP contribution in [0.1, 0.15) is 97.6 Å². The number of rotatable bonds is 16. The zero-order valence-electron chi connectivity index (χ0n) is 27.2. The molecule has 1 unspecified atom stereocenters. The number of hydrogen-bond acceptors (Lipinski definition) is 5. The Morgan fingerprint density at radius 1 is 1.00 bits per heavy atom. The van der Waals surface area contributed by atoms with Crippen LogP contribution in [0.3, 0.4) is 0 Å². The van der Waals surface area contributed by atoms with Gasteiger partial charge >= 0.3 is 106 Å². The van der Waals surface area contributed by atoms with Crippen molar-refractivity contribution in [3.63, 3.8) is 0 Å². The molecule has 238 valence electrons. The molecule has 1 amide bonds. The number of carbonyl (C=O) groups excluding carboxylic acids is 2. The summed E-state index contributed by atoms with van der Waals surface area (Å²) in [6.07, 6.45) is 9.76. The third kappa shape index (κ3) is 12.6.